The zero-order valence-corrected chi connectivity index (χ0v) is 13.1. The molecule has 0 spiro atoms. The van der Waals surface area contributed by atoms with Gasteiger partial charge in [0.25, 0.3) is 0 Å². The standard InChI is InChI=1S/C15H28N2O4/c1-12(2)17(10-5-7-14(18)19)15(20)16-9-8-13-6-3-4-11-21-13/h12-13H,3-11H2,1-2H3,(H,16,20)(H,18,19). The van der Waals surface area contributed by atoms with Crippen molar-refractivity contribution in [2.45, 2.75) is 64.5 Å². The molecule has 1 rings (SSSR count). The molecule has 6 nitrogen and oxygen atoms in total. The highest BCUT2D eigenvalue weighted by molar-refractivity contribution is 5.74. The Kier molecular flexibility index (Phi) is 8.12. The lowest BCUT2D eigenvalue weighted by molar-refractivity contribution is -0.137. The van der Waals surface area contributed by atoms with E-state index in [2.05, 4.69) is 5.32 Å². The largest absolute Gasteiger partial charge is 0.481 e. The Morgan fingerprint density at radius 2 is 2.14 bits per heavy atom. The molecular formula is C15H28N2O4. The van der Waals surface area contributed by atoms with Crippen molar-refractivity contribution in [1.82, 2.24) is 10.2 Å². The summed E-state index contributed by atoms with van der Waals surface area (Å²) in [5.74, 6) is -0.825. The zero-order valence-electron chi connectivity index (χ0n) is 13.1. The fraction of sp³-hybridized carbons (Fsp3) is 0.867. The molecule has 2 N–H and O–H groups in total. The Hall–Kier alpha value is -1.30. The van der Waals surface area contributed by atoms with Gasteiger partial charge in [-0.15, -0.1) is 0 Å². The first-order chi connectivity index (χ1) is 10.0. The number of carbonyl (C=O) groups is 2. The summed E-state index contributed by atoms with van der Waals surface area (Å²) in [5.41, 5.74) is 0. The average Bonchev–Trinajstić information content (AvgIpc) is 2.44. The predicted octanol–water partition coefficient (Wildman–Crippen LogP) is 2.23. The highest BCUT2D eigenvalue weighted by Crippen LogP contribution is 2.14. The van der Waals surface area contributed by atoms with Crippen LogP contribution in [0.25, 0.3) is 0 Å². The molecule has 0 aromatic carbocycles. The van der Waals surface area contributed by atoms with Gasteiger partial charge in [0.1, 0.15) is 0 Å². The molecule has 0 aliphatic carbocycles. The molecule has 21 heavy (non-hydrogen) atoms. The highest BCUT2D eigenvalue weighted by Gasteiger charge is 2.18. The van der Waals surface area contributed by atoms with Gasteiger partial charge >= 0.3 is 12.0 Å². The predicted molar refractivity (Wildman–Crippen MR) is 80.3 cm³/mol. The van der Waals surface area contributed by atoms with E-state index in [9.17, 15) is 9.59 Å². The van der Waals surface area contributed by atoms with Gasteiger partial charge in [0.2, 0.25) is 0 Å². The average molecular weight is 300 g/mol. The van der Waals surface area contributed by atoms with Gasteiger partial charge in [-0.05, 0) is 46.0 Å². The molecule has 1 unspecified atom stereocenters. The van der Waals surface area contributed by atoms with Gasteiger partial charge in [-0.1, -0.05) is 0 Å². The minimum Gasteiger partial charge on any atom is -0.481 e. The summed E-state index contributed by atoms with van der Waals surface area (Å²) >= 11 is 0. The number of rotatable bonds is 8. The van der Waals surface area contributed by atoms with Crippen LogP contribution in [0.1, 0.15) is 52.4 Å². The van der Waals surface area contributed by atoms with Crippen molar-refractivity contribution in [3.05, 3.63) is 0 Å². The van der Waals surface area contributed by atoms with Crippen molar-refractivity contribution >= 4 is 12.0 Å². The van der Waals surface area contributed by atoms with Crippen LogP contribution in [0.4, 0.5) is 4.79 Å². The molecule has 0 radical (unpaired) electrons. The minimum atomic E-state index is -0.825. The molecule has 2 amide bonds. The van der Waals surface area contributed by atoms with Crippen molar-refractivity contribution in [2.24, 2.45) is 0 Å². The van der Waals surface area contributed by atoms with Crippen LogP contribution < -0.4 is 5.32 Å². The Morgan fingerprint density at radius 1 is 1.38 bits per heavy atom. The second-order valence-corrected chi connectivity index (χ2v) is 5.79. The van der Waals surface area contributed by atoms with Crippen LogP contribution >= 0.6 is 0 Å². The van der Waals surface area contributed by atoms with E-state index in [0.717, 1.165) is 25.9 Å². The van der Waals surface area contributed by atoms with E-state index in [1.165, 1.54) is 6.42 Å². The summed E-state index contributed by atoms with van der Waals surface area (Å²) < 4.78 is 5.63. The van der Waals surface area contributed by atoms with Gasteiger partial charge in [-0.25, -0.2) is 4.79 Å². The first-order valence-corrected chi connectivity index (χ1v) is 7.88. The molecule has 1 heterocycles. The van der Waals surface area contributed by atoms with Gasteiger partial charge in [0, 0.05) is 32.2 Å². The van der Waals surface area contributed by atoms with Gasteiger partial charge in [0.15, 0.2) is 0 Å². The lowest BCUT2D eigenvalue weighted by atomic mass is 10.1. The molecule has 1 saturated heterocycles. The zero-order chi connectivity index (χ0) is 15.7. The third-order valence-corrected chi connectivity index (χ3v) is 3.69. The maximum Gasteiger partial charge on any atom is 0.317 e. The number of urea groups is 1. The number of ether oxygens (including phenoxy) is 1. The van der Waals surface area contributed by atoms with Gasteiger partial charge in [0.05, 0.1) is 6.10 Å². The summed E-state index contributed by atoms with van der Waals surface area (Å²) in [6.07, 6.45) is 5.08. The van der Waals surface area contributed by atoms with Crippen LogP contribution in [0, 0.1) is 0 Å². The number of nitrogens with one attached hydrogen (secondary N) is 1. The normalized spacial score (nSPS) is 18.5. The fourth-order valence-corrected chi connectivity index (χ4v) is 2.47. The van der Waals surface area contributed by atoms with E-state index in [1.807, 2.05) is 13.8 Å². The molecule has 1 aliphatic rings. The van der Waals surface area contributed by atoms with Crippen LogP contribution in [0.15, 0.2) is 0 Å². The van der Waals surface area contributed by atoms with Crippen LogP contribution in [0.5, 0.6) is 0 Å². The van der Waals surface area contributed by atoms with Crippen molar-refractivity contribution < 1.29 is 19.4 Å². The molecular weight excluding hydrogens is 272 g/mol. The number of carboxylic acids is 1. The monoisotopic (exact) mass is 300 g/mol. The molecule has 0 saturated carbocycles. The summed E-state index contributed by atoms with van der Waals surface area (Å²) in [5, 5.41) is 11.6. The van der Waals surface area contributed by atoms with E-state index in [4.69, 9.17) is 9.84 Å². The maximum atomic E-state index is 12.1. The van der Waals surface area contributed by atoms with Gasteiger partial charge in [-0.2, -0.15) is 0 Å². The van der Waals surface area contributed by atoms with Crippen molar-refractivity contribution in [1.29, 1.82) is 0 Å². The van der Waals surface area contributed by atoms with Crippen LogP contribution in [-0.4, -0.2) is 53.8 Å². The maximum absolute atomic E-state index is 12.1. The first-order valence-electron chi connectivity index (χ1n) is 7.88. The van der Waals surface area contributed by atoms with E-state index >= 15 is 0 Å². The fourth-order valence-electron chi connectivity index (χ4n) is 2.47. The second-order valence-electron chi connectivity index (χ2n) is 5.79. The lowest BCUT2D eigenvalue weighted by Gasteiger charge is -2.28. The quantitative estimate of drug-likeness (QED) is 0.720. The molecule has 0 bridgehead atoms. The number of aliphatic carboxylic acids is 1. The first kappa shape index (κ1) is 17.8. The topological polar surface area (TPSA) is 78.9 Å². The molecule has 122 valence electrons. The van der Waals surface area contributed by atoms with Crippen LogP contribution in [0.2, 0.25) is 0 Å². The van der Waals surface area contributed by atoms with E-state index in [1.54, 1.807) is 4.90 Å². The molecule has 1 fully saturated rings. The molecule has 0 aromatic heterocycles. The molecule has 1 aliphatic heterocycles. The number of nitrogens with zero attached hydrogens (tertiary/aromatic N) is 1. The number of hydrogen-bond donors (Lipinski definition) is 2. The lowest BCUT2D eigenvalue weighted by Crippen LogP contribution is -2.45. The summed E-state index contributed by atoms with van der Waals surface area (Å²) in [6, 6.07) is -0.0593. The summed E-state index contributed by atoms with van der Waals surface area (Å²) in [6.45, 7) is 5.77. The summed E-state index contributed by atoms with van der Waals surface area (Å²) in [4.78, 5) is 24.3. The third kappa shape index (κ3) is 7.32. The Balaban J connectivity index is 2.26. The highest BCUT2D eigenvalue weighted by atomic mass is 16.5. The van der Waals surface area contributed by atoms with Gasteiger partial charge < -0.3 is 20.1 Å². The summed E-state index contributed by atoms with van der Waals surface area (Å²) in [7, 11) is 0. The van der Waals surface area contributed by atoms with E-state index < -0.39 is 5.97 Å². The van der Waals surface area contributed by atoms with Crippen LogP contribution in [0.3, 0.4) is 0 Å². The number of hydrogen-bond acceptors (Lipinski definition) is 3. The second kappa shape index (κ2) is 9.60. The SMILES string of the molecule is CC(C)N(CCCC(=O)O)C(=O)NCCC1CCCCO1. The number of amides is 2. The van der Waals surface area contributed by atoms with Crippen molar-refractivity contribution in [2.75, 3.05) is 19.7 Å². The van der Waals surface area contributed by atoms with Crippen LogP contribution in [-0.2, 0) is 9.53 Å². The minimum absolute atomic E-state index is 0.0599. The van der Waals surface area contributed by atoms with E-state index in [0.29, 0.717) is 19.5 Å². The van der Waals surface area contributed by atoms with Crippen molar-refractivity contribution in [3.8, 4) is 0 Å². The Morgan fingerprint density at radius 3 is 2.71 bits per heavy atom. The molecule has 0 aromatic rings. The molecule has 1 atom stereocenters. The van der Waals surface area contributed by atoms with Crippen molar-refractivity contribution in [3.63, 3.8) is 0 Å². The smallest absolute Gasteiger partial charge is 0.317 e. The van der Waals surface area contributed by atoms with Gasteiger partial charge in [-0.3, -0.25) is 4.79 Å². The molecule has 6 heteroatoms. The van der Waals surface area contributed by atoms with E-state index in [-0.39, 0.29) is 24.6 Å². The third-order valence-electron chi connectivity index (χ3n) is 3.69. The Labute approximate surface area is 126 Å². The Bertz CT molecular complexity index is 328. The number of carboxylic acid groups (broad SMARTS) is 1. The number of carbonyl (C=O) groups excluding carboxylic acids is 1.